The molecule has 0 amide bonds. The average Bonchev–Trinajstić information content (AvgIpc) is 2.27. The normalized spacial score (nSPS) is 10.0. The molecule has 0 aliphatic heterocycles. The summed E-state index contributed by atoms with van der Waals surface area (Å²) in [6, 6.07) is 4.85. The van der Waals surface area contributed by atoms with E-state index in [2.05, 4.69) is 0 Å². The molecule has 0 atom stereocenters. The maximum absolute atomic E-state index is 11.6. The summed E-state index contributed by atoms with van der Waals surface area (Å²) in [6.45, 7) is 1.98. The van der Waals surface area contributed by atoms with E-state index in [4.69, 9.17) is 21.4 Å². The third-order valence-electron chi connectivity index (χ3n) is 2.20. The lowest BCUT2D eigenvalue weighted by Crippen LogP contribution is -2.10. The quantitative estimate of drug-likeness (QED) is 0.823. The van der Waals surface area contributed by atoms with Gasteiger partial charge in [-0.15, -0.1) is 0 Å². The van der Waals surface area contributed by atoms with E-state index in [-0.39, 0.29) is 19.4 Å². The van der Waals surface area contributed by atoms with Gasteiger partial charge in [-0.25, -0.2) is 4.79 Å². The molecule has 0 aliphatic carbocycles. The lowest BCUT2D eigenvalue weighted by Gasteiger charge is -2.09. The summed E-state index contributed by atoms with van der Waals surface area (Å²) in [5, 5.41) is 9.03. The molecule has 0 unspecified atom stereocenters. The van der Waals surface area contributed by atoms with E-state index in [1.807, 2.05) is 0 Å². The summed E-state index contributed by atoms with van der Waals surface area (Å²) in [6.07, 6.45) is 0.138. The summed E-state index contributed by atoms with van der Waals surface area (Å²) in [7, 11) is 0. The van der Waals surface area contributed by atoms with E-state index in [0.717, 1.165) is 0 Å². The largest absolute Gasteiger partial charge is 0.481 e. The summed E-state index contributed by atoms with van der Waals surface area (Å²) in [5.74, 6) is -1.41. The molecule has 0 saturated heterocycles. The number of carboxylic acid groups (broad SMARTS) is 1. The van der Waals surface area contributed by atoms with Crippen molar-refractivity contribution in [1.29, 1.82) is 0 Å². The number of aliphatic carboxylic acids is 1. The molecule has 1 aromatic carbocycles. The maximum atomic E-state index is 11.6. The number of hydrogen-bond acceptors (Lipinski definition) is 3. The van der Waals surface area contributed by atoms with Crippen molar-refractivity contribution in [3.63, 3.8) is 0 Å². The predicted molar refractivity (Wildman–Crippen MR) is 63.4 cm³/mol. The molecule has 1 rings (SSSR count). The number of carbonyl (C=O) groups is 2. The minimum absolute atomic E-state index is 0.0733. The van der Waals surface area contributed by atoms with Gasteiger partial charge in [-0.3, -0.25) is 4.79 Å². The monoisotopic (exact) mass is 256 g/mol. The Kier molecular flexibility index (Phi) is 4.97. The second kappa shape index (κ2) is 6.25. The van der Waals surface area contributed by atoms with Crippen LogP contribution in [-0.2, 0) is 16.0 Å². The van der Waals surface area contributed by atoms with Gasteiger partial charge in [-0.1, -0.05) is 17.7 Å². The Bertz CT molecular complexity index is 429. The minimum atomic E-state index is -0.931. The van der Waals surface area contributed by atoms with Crippen molar-refractivity contribution in [2.24, 2.45) is 0 Å². The molecule has 1 aromatic rings. The van der Waals surface area contributed by atoms with Crippen LogP contribution in [0.25, 0.3) is 0 Å². The third-order valence-corrected chi connectivity index (χ3v) is 2.56. The highest BCUT2D eigenvalue weighted by Crippen LogP contribution is 2.22. The molecule has 0 heterocycles. The second-order valence-corrected chi connectivity index (χ2v) is 3.79. The van der Waals surface area contributed by atoms with E-state index >= 15 is 0 Å². The molecule has 17 heavy (non-hydrogen) atoms. The van der Waals surface area contributed by atoms with Gasteiger partial charge in [0.2, 0.25) is 0 Å². The summed E-state index contributed by atoms with van der Waals surface area (Å²) in [4.78, 5) is 22.2. The molecule has 0 aliphatic rings. The van der Waals surface area contributed by atoms with Gasteiger partial charge in [0.05, 0.1) is 12.2 Å². The number of rotatable bonds is 5. The highest BCUT2D eigenvalue weighted by Gasteiger charge is 2.15. The lowest BCUT2D eigenvalue weighted by molar-refractivity contribution is -0.136. The first-order valence-electron chi connectivity index (χ1n) is 5.22. The van der Waals surface area contributed by atoms with Gasteiger partial charge in [0.25, 0.3) is 0 Å². The summed E-state index contributed by atoms with van der Waals surface area (Å²) in [5.41, 5.74) is 0.857. The molecule has 0 bridgehead atoms. The zero-order valence-corrected chi connectivity index (χ0v) is 10.2. The van der Waals surface area contributed by atoms with E-state index in [9.17, 15) is 9.59 Å². The number of carbonyl (C=O) groups excluding carboxylic acids is 1. The van der Waals surface area contributed by atoms with Crippen LogP contribution in [0.1, 0.15) is 29.3 Å². The van der Waals surface area contributed by atoms with Crippen molar-refractivity contribution in [3.8, 4) is 0 Å². The standard InChI is InChI=1S/C12H13ClO4/c1-2-17-12(16)9-4-3-5-10(13)8(9)6-7-11(14)15/h3-5H,2,6-7H2,1H3,(H,14,15). The van der Waals surface area contributed by atoms with Crippen LogP contribution in [0.2, 0.25) is 5.02 Å². The fraction of sp³-hybridized carbons (Fsp3) is 0.333. The smallest absolute Gasteiger partial charge is 0.338 e. The SMILES string of the molecule is CCOC(=O)c1cccc(Cl)c1CCC(=O)O. The molecule has 5 heteroatoms. The molecule has 1 N–H and O–H groups in total. The van der Waals surface area contributed by atoms with E-state index in [1.54, 1.807) is 25.1 Å². The van der Waals surface area contributed by atoms with E-state index in [0.29, 0.717) is 16.1 Å². The molecule has 0 saturated carbocycles. The van der Waals surface area contributed by atoms with Gasteiger partial charge in [0.15, 0.2) is 0 Å². The van der Waals surface area contributed by atoms with Crippen molar-refractivity contribution in [2.75, 3.05) is 6.61 Å². The average molecular weight is 257 g/mol. The van der Waals surface area contributed by atoms with Crippen molar-refractivity contribution in [3.05, 3.63) is 34.3 Å². The Balaban J connectivity index is 2.99. The minimum Gasteiger partial charge on any atom is -0.481 e. The summed E-state index contributed by atoms with van der Waals surface area (Å²) < 4.78 is 4.89. The fourth-order valence-electron chi connectivity index (χ4n) is 1.44. The highest BCUT2D eigenvalue weighted by molar-refractivity contribution is 6.31. The number of ether oxygens (including phenoxy) is 1. The first-order chi connectivity index (χ1) is 8.06. The van der Waals surface area contributed by atoms with Crippen molar-refractivity contribution in [2.45, 2.75) is 19.8 Å². The van der Waals surface area contributed by atoms with Crippen molar-refractivity contribution >= 4 is 23.5 Å². The molecule has 4 nitrogen and oxygen atoms in total. The Labute approximate surface area is 104 Å². The Hall–Kier alpha value is -1.55. The van der Waals surface area contributed by atoms with Crippen LogP contribution in [0.5, 0.6) is 0 Å². The number of benzene rings is 1. The zero-order chi connectivity index (χ0) is 12.8. The van der Waals surface area contributed by atoms with Crippen LogP contribution in [0.15, 0.2) is 18.2 Å². The molecular formula is C12H13ClO4. The second-order valence-electron chi connectivity index (χ2n) is 3.38. The van der Waals surface area contributed by atoms with Crippen LogP contribution in [0.4, 0.5) is 0 Å². The number of halogens is 1. The van der Waals surface area contributed by atoms with Gasteiger partial charge in [0, 0.05) is 11.4 Å². The van der Waals surface area contributed by atoms with Crippen LogP contribution in [0.3, 0.4) is 0 Å². The van der Waals surface area contributed by atoms with Gasteiger partial charge in [0.1, 0.15) is 0 Å². The first-order valence-corrected chi connectivity index (χ1v) is 5.60. The lowest BCUT2D eigenvalue weighted by atomic mass is 10.0. The molecule has 0 radical (unpaired) electrons. The fourth-order valence-corrected chi connectivity index (χ4v) is 1.71. The number of esters is 1. The van der Waals surface area contributed by atoms with Crippen LogP contribution < -0.4 is 0 Å². The van der Waals surface area contributed by atoms with Gasteiger partial charge in [-0.05, 0) is 31.0 Å². The first kappa shape index (κ1) is 13.5. The molecular weight excluding hydrogens is 244 g/mol. The van der Waals surface area contributed by atoms with Crippen molar-refractivity contribution in [1.82, 2.24) is 0 Å². The topological polar surface area (TPSA) is 63.6 Å². The maximum Gasteiger partial charge on any atom is 0.338 e. The van der Waals surface area contributed by atoms with Crippen LogP contribution in [0, 0.1) is 0 Å². The predicted octanol–water partition coefficient (Wildman–Crippen LogP) is 2.53. The molecule has 0 fully saturated rings. The molecule has 0 aromatic heterocycles. The Morgan fingerprint density at radius 1 is 1.41 bits per heavy atom. The number of carboxylic acids is 1. The molecule has 0 spiro atoms. The van der Waals surface area contributed by atoms with Gasteiger partial charge < -0.3 is 9.84 Å². The third kappa shape index (κ3) is 3.75. The van der Waals surface area contributed by atoms with Gasteiger partial charge >= 0.3 is 11.9 Å². The Morgan fingerprint density at radius 3 is 2.71 bits per heavy atom. The Morgan fingerprint density at radius 2 is 2.12 bits per heavy atom. The molecule has 92 valence electrons. The van der Waals surface area contributed by atoms with Crippen molar-refractivity contribution < 1.29 is 19.4 Å². The van der Waals surface area contributed by atoms with Gasteiger partial charge in [-0.2, -0.15) is 0 Å². The van der Waals surface area contributed by atoms with Crippen LogP contribution in [-0.4, -0.2) is 23.7 Å². The zero-order valence-electron chi connectivity index (χ0n) is 9.40. The van der Waals surface area contributed by atoms with E-state index < -0.39 is 11.9 Å². The number of hydrogen-bond donors (Lipinski definition) is 1. The van der Waals surface area contributed by atoms with Crippen LogP contribution >= 0.6 is 11.6 Å². The van der Waals surface area contributed by atoms with E-state index in [1.165, 1.54) is 0 Å². The summed E-state index contributed by atoms with van der Waals surface area (Å²) >= 11 is 5.96. The highest BCUT2D eigenvalue weighted by atomic mass is 35.5.